The lowest BCUT2D eigenvalue weighted by Gasteiger charge is -1.88. The lowest BCUT2D eigenvalue weighted by Crippen LogP contribution is -2.04. The highest BCUT2D eigenvalue weighted by Crippen LogP contribution is 2.13. The molecule has 1 atom stereocenters. The van der Waals surface area contributed by atoms with Crippen molar-refractivity contribution in [2.24, 2.45) is 0 Å². The van der Waals surface area contributed by atoms with E-state index < -0.39 is 0 Å². The molecule has 0 saturated carbocycles. The molecule has 0 aromatic carbocycles. The molecule has 0 aliphatic carbocycles. The van der Waals surface area contributed by atoms with Crippen molar-refractivity contribution in [3.05, 3.63) is 0 Å². The summed E-state index contributed by atoms with van der Waals surface area (Å²) in [7, 11) is 0. The number of hydrogen-bond acceptors (Lipinski definition) is 1. The van der Waals surface area contributed by atoms with Crippen molar-refractivity contribution in [2.75, 3.05) is 6.61 Å². The molecule has 0 aromatic rings. The Bertz CT molecular complexity index is 38.2. The van der Waals surface area contributed by atoms with Gasteiger partial charge in [-0.2, -0.15) is 0 Å². The maximum Gasteiger partial charge on any atom is 0.228 e. The first kappa shape index (κ1) is 3.12. The molecule has 1 aliphatic heterocycles. The van der Waals surface area contributed by atoms with Crippen molar-refractivity contribution < 1.29 is 9.78 Å². The summed E-state index contributed by atoms with van der Waals surface area (Å²) in [6, 6.07) is 0. The van der Waals surface area contributed by atoms with Gasteiger partial charge >= 0.3 is 0 Å². The summed E-state index contributed by atoms with van der Waals surface area (Å²) in [6.07, 6.45) is 0.245. The van der Waals surface area contributed by atoms with Gasteiger partial charge in [-0.05, 0) is 0 Å². The maximum absolute atomic E-state index is 9.72. The van der Waals surface area contributed by atoms with Crippen molar-refractivity contribution in [1.82, 2.24) is 0 Å². The van der Waals surface area contributed by atoms with Crippen LogP contribution in [0.3, 0.4) is 0 Å². The zero-order valence-electron chi connectivity index (χ0n) is 3.10. The van der Waals surface area contributed by atoms with Gasteiger partial charge in [0, 0.05) is 6.92 Å². The van der Waals surface area contributed by atoms with Crippen molar-refractivity contribution in [1.29, 1.82) is 0 Å². The number of epoxide rings is 1. The summed E-state index contributed by atoms with van der Waals surface area (Å²) in [4.78, 5) is 0. The zero-order valence-corrected chi connectivity index (χ0v) is 3.10. The van der Waals surface area contributed by atoms with Crippen molar-refractivity contribution >= 4 is 0 Å². The van der Waals surface area contributed by atoms with Crippen LogP contribution in [0.5, 0.6) is 0 Å². The van der Waals surface area contributed by atoms with Gasteiger partial charge in [0.1, 0.15) is 0 Å². The summed E-state index contributed by atoms with van der Waals surface area (Å²) >= 11 is 0. The number of hydrogen-bond donors (Lipinski definition) is 0. The van der Waals surface area contributed by atoms with Gasteiger partial charge in [0.25, 0.3) is 0 Å². The highest BCUT2D eigenvalue weighted by atomic mass is 17.3. The lowest BCUT2D eigenvalue weighted by atomic mass is 10.6. The Morgan fingerprint density at radius 2 is 2.20 bits per heavy atom. The van der Waals surface area contributed by atoms with E-state index in [1.54, 1.807) is 4.52 Å². The first-order valence-corrected chi connectivity index (χ1v) is 1.68. The normalized spacial score (nSPS) is 38.4. The van der Waals surface area contributed by atoms with Crippen LogP contribution in [0.4, 0.5) is 0 Å². The average molecular weight is 74.1 g/mol. The van der Waals surface area contributed by atoms with E-state index in [0.717, 1.165) is 0 Å². The number of rotatable bonds is 0. The van der Waals surface area contributed by atoms with Gasteiger partial charge in [0.2, 0.25) is 12.7 Å². The van der Waals surface area contributed by atoms with Gasteiger partial charge < -0.3 is 9.78 Å². The third kappa shape index (κ3) is 0.412. The SMILES string of the molecule is C[C@@H]1C[O+]1[O-]. The third-order valence-corrected chi connectivity index (χ3v) is 0.732. The molecule has 0 bridgehead atoms. The van der Waals surface area contributed by atoms with E-state index in [2.05, 4.69) is 0 Å². The fourth-order valence-corrected chi connectivity index (χ4v) is 0.192. The summed E-state index contributed by atoms with van der Waals surface area (Å²) in [5.41, 5.74) is 0. The largest absolute Gasteiger partial charge is 0.534 e. The molecule has 0 aromatic heterocycles. The second kappa shape index (κ2) is 0.698. The summed E-state index contributed by atoms with van der Waals surface area (Å²) < 4.78 is 1.66. The molecule has 2 nitrogen and oxygen atoms in total. The Morgan fingerprint density at radius 1 is 2.00 bits per heavy atom. The van der Waals surface area contributed by atoms with Crippen molar-refractivity contribution in [2.45, 2.75) is 13.0 Å². The zero-order chi connectivity index (χ0) is 3.86. The van der Waals surface area contributed by atoms with Gasteiger partial charge in [-0.3, -0.25) is 0 Å². The summed E-state index contributed by atoms with van der Waals surface area (Å²) in [5.74, 6) is 0. The molecule has 1 saturated heterocycles. The molecule has 2 heteroatoms. The van der Waals surface area contributed by atoms with Crippen LogP contribution in [0, 0.1) is 0 Å². The van der Waals surface area contributed by atoms with Crippen LogP contribution in [-0.4, -0.2) is 12.7 Å². The van der Waals surface area contributed by atoms with Crippen LogP contribution in [0.15, 0.2) is 0 Å². The smallest absolute Gasteiger partial charge is 0.228 e. The van der Waals surface area contributed by atoms with E-state index >= 15 is 0 Å². The van der Waals surface area contributed by atoms with Crippen LogP contribution < -0.4 is 5.26 Å². The maximum atomic E-state index is 9.72. The first-order valence-electron chi connectivity index (χ1n) is 1.68. The van der Waals surface area contributed by atoms with Gasteiger partial charge in [-0.1, -0.05) is 0 Å². The summed E-state index contributed by atoms with van der Waals surface area (Å²) in [5, 5.41) is 9.72. The predicted octanol–water partition coefficient (Wildman–Crippen LogP) is -0.784. The van der Waals surface area contributed by atoms with Crippen LogP contribution in [0.1, 0.15) is 6.92 Å². The molecule has 1 aliphatic rings. The molecule has 1 fully saturated rings. The minimum absolute atomic E-state index is 0.245. The van der Waals surface area contributed by atoms with E-state index in [4.69, 9.17) is 0 Å². The highest BCUT2D eigenvalue weighted by Gasteiger charge is 2.31. The standard InChI is InChI=1S/C3H6O2/c1-3-2-5(3)4/h3H,2H2,1H3/t3-/m1/s1. The van der Waals surface area contributed by atoms with Gasteiger partial charge in [-0.15, -0.1) is 0 Å². The minimum Gasteiger partial charge on any atom is -0.534 e. The van der Waals surface area contributed by atoms with Crippen LogP contribution >= 0.6 is 0 Å². The van der Waals surface area contributed by atoms with E-state index in [9.17, 15) is 5.26 Å². The highest BCUT2D eigenvalue weighted by molar-refractivity contribution is 4.61. The van der Waals surface area contributed by atoms with E-state index in [-0.39, 0.29) is 6.10 Å². The van der Waals surface area contributed by atoms with Crippen molar-refractivity contribution in [3.63, 3.8) is 0 Å². The molecule has 0 N–H and O–H groups in total. The quantitative estimate of drug-likeness (QED) is 0.210. The Hall–Kier alpha value is -0.0800. The molecular formula is C3H6O2. The molecule has 0 radical (unpaired) electrons. The Labute approximate surface area is 30.6 Å². The van der Waals surface area contributed by atoms with Gasteiger partial charge in [-0.25, -0.2) is 0 Å². The Kier molecular flexibility index (Phi) is 0.436. The fourth-order valence-electron chi connectivity index (χ4n) is 0.192. The third-order valence-electron chi connectivity index (χ3n) is 0.732. The molecule has 1 rings (SSSR count). The molecule has 1 heterocycles. The lowest BCUT2D eigenvalue weighted by molar-refractivity contribution is -0.736. The Balaban J connectivity index is 2.20. The summed E-state index contributed by atoms with van der Waals surface area (Å²) in [6.45, 7) is 2.54. The molecule has 5 heavy (non-hydrogen) atoms. The van der Waals surface area contributed by atoms with E-state index in [1.165, 1.54) is 0 Å². The van der Waals surface area contributed by atoms with Crippen LogP contribution in [0.2, 0.25) is 0 Å². The molecular weight excluding hydrogens is 68.0 g/mol. The second-order valence-corrected chi connectivity index (χ2v) is 1.36. The molecule has 30 valence electrons. The van der Waals surface area contributed by atoms with Crippen LogP contribution in [-0.2, 0) is 4.52 Å². The van der Waals surface area contributed by atoms with Crippen molar-refractivity contribution in [3.8, 4) is 0 Å². The van der Waals surface area contributed by atoms with E-state index in [0.29, 0.717) is 6.61 Å². The molecule has 0 amide bonds. The average Bonchev–Trinajstić information content (AvgIpc) is 1.79. The van der Waals surface area contributed by atoms with Gasteiger partial charge in [0.15, 0.2) is 0 Å². The van der Waals surface area contributed by atoms with Crippen LogP contribution in [0.25, 0.3) is 0 Å². The van der Waals surface area contributed by atoms with E-state index in [1.807, 2.05) is 6.92 Å². The first-order chi connectivity index (χ1) is 2.30. The minimum atomic E-state index is 0.245. The monoisotopic (exact) mass is 74.0 g/mol. The Morgan fingerprint density at radius 3 is 2.20 bits per heavy atom. The molecule has 0 spiro atoms. The predicted molar refractivity (Wildman–Crippen MR) is 15.4 cm³/mol. The topological polar surface area (TPSA) is 25.8 Å². The second-order valence-electron chi connectivity index (χ2n) is 1.36. The molecule has 0 unspecified atom stereocenters. The van der Waals surface area contributed by atoms with Gasteiger partial charge in [0.05, 0.1) is 0 Å². The fraction of sp³-hybridized carbons (Fsp3) is 1.00.